The third-order valence-electron chi connectivity index (χ3n) is 2.94. The lowest BCUT2D eigenvalue weighted by Gasteiger charge is -2.25. The lowest BCUT2D eigenvalue weighted by molar-refractivity contribution is 0.0942. The maximum absolute atomic E-state index is 9.54. The molecular formula is C10H16ClN3O. The monoisotopic (exact) mass is 229 g/mol. The van der Waals surface area contributed by atoms with Gasteiger partial charge in [-0.2, -0.15) is 5.10 Å². The fourth-order valence-electron chi connectivity index (χ4n) is 2.20. The number of nitrogens with two attached hydrogens (primary N) is 1. The number of halogens is 1. The van der Waals surface area contributed by atoms with Gasteiger partial charge in [0, 0.05) is 12.7 Å². The van der Waals surface area contributed by atoms with E-state index < -0.39 is 0 Å². The quantitative estimate of drug-likeness (QED) is 0.811. The standard InChI is InChI=1S/C10H16ClN3O/c11-9-6-14(13-10(9)12)5-7-2-1-3-8(15)4-7/h6-8,15H,1-5H2,(H2,12,13). The Bertz CT molecular complexity index is 320. The molecule has 2 rings (SSSR count). The van der Waals surface area contributed by atoms with Crippen molar-refractivity contribution in [3.8, 4) is 0 Å². The van der Waals surface area contributed by atoms with E-state index in [1.165, 1.54) is 0 Å². The van der Waals surface area contributed by atoms with Crippen LogP contribution < -0.4 is 5.73 Å². The predicted molar refractivity (Wildman–Crippen MR) is 59.6 cm³/mol. The minimum atomic E-state index is -0.146. The lowest BCUT2D eigenvalue weighted by Crippen LogP contribution is -2.23. The zero-order valence-corrected chi connectivity index (χ0v) is 9.32. The summed E-state index contributed by atoms with van der Waals surface area (Å²) in [5, 5.41) is 14.2. The van der Waals surface area contributed by atoms with Gasteiger partial charge in [0.15, 0.2) is 5.82 Å². The number of aliphatic hydroxyl groups excluding tert-OH is 1. The minimum absolute atomic E-state index is 0.146. The van der Waals surface area contributed by atoms with E-state index in [9.17, 15) is 5.11 Å². The van der Waals surface area contributed by atoms with Crippen LogP contribution in [-0.4, -0.2) is 21.0 Å². The number of hydrogen-bond acceptors (Lipinski definition) is 3. The normalized spacial score (nSPS) is 26.8. The first-order valence-corrected chi connectivity index (χ1v) is 5.69. The number of rotatable bonds is 2. The van der Waals surface area contributed by atoms with Crippen LogP contribution in [0.1, 0.15) is 25.7 Å². The van der Waals surface area contributed by atoms with Gasteiger partial charge in [-0.3, -0.25) is 4.68 Å². The summed E-state index contributed by atoms with van der Waals surface area (Å²) in [6, 6.07) is 0. The van der Waals surface area contributed by atoms with Gasteiger partial charge in [0.25, 0.3) is 0 Å². The molecule has 1 fully saturated rings. The van der Waals surface area contributed by atoms with E-state index in [2.05, 4.69) is 5.10 Å². The number of nitrogens with zero attached hydrogens (tertiary/aromatic N) is 2. The van der Waals surface area contributed by atoms with Gasteiger partial charge < -0.3 is 10.8 Å². The maximum atomic E-state index is 9.54. The smallest absolute Gasteiger partial charge is 0.164 e. The highest BCUT2D eigenvalue weighted by Gasteiger charge is 2.20. The second-order valence-corrected chi connectivity index (χ2v) is 4.68. The number of hydrogen-bond donors (Lipinski definition) is 2. The largest absolute Gasteiger partial charge is 0.393 e. The van der Waals surface area contributed by atoms with Crippen LogP contribution in [0.15, 0.2) is 6.20 Å². The van der Waals surface area contributed by atoms with Gasteiger partial charge in [0.05, 0.1) is 6.10 Å². The summed E-state index contributed by atoms with van der Waals surface area (Å²) in [6.07, 6.45) is 5.63. The molecule has 0 radical (unpaired) electrons. The molecule has 0 bridgehead atoms. The van der Waals surface area contributed by atoms with Gasteiger partial charge >= 0.3 is 0 Å². The van der Waals surface area contributed by atoms with Crippen molar-refractivity contribution >= 4 is 17.4 Å². The SMILES string of the molecule is Nc1nn(CC2CCCC(O)C2)cc1Cl. The molecule has 0 spiro atoms. The average Bonchev–Trinajstić information content (AvgIpc) is 2.45. The second-order valence-electron chi connectivity index (χ2n) is 4.27. The molecule has 5 heteroatoms. The van der Waals surface area contributed by atoms with Crippen LogP contribution in [0.5, 0.6) is 0 Å². The molecule has 1 aromatic heterocycles. The van der Waals surface area contributed by atoms with Crippen LogP contribution in [0.3, 0.4) is 0 Å². The molecule has 0 aromatic carbocycles. The summed E-state index contributed by atoms with van der Waals surface area (Å²) in [7, 11) is 0. The van der Waals surface area contributed by atoms with Crippen molar-refractivity contribution in [2.45, 2.75) is 38.3 Å². The Hall–Kier alpha value is -0.740. The molecule has 1 aromatic rings. The van der Waals surface area contributed by atoms with Crippen molar-refractivity contribution in [3.05, 3.63) is 11.2 Å². The van der Waals surface area contributed by atoms with Gasteiger partial charge in [-0.1, -0.05) is 18.0 Å². The fraction of sp³-hybridized carbons (Fsp3) is 0.700. The first kappa shape index (κ1) is 10.8. The molecule has 1 aliphatic carbocycles. The maximum Gasteiger partial charge on any atom is 0.164 e. The highest BCUT2D eigenvalue weighted by atomic mass is 35.5. The molecule has 2 unspecified atom stereocenters. The van der Waals surface area contributed by atoms with Crippen LogP contribution in [0.2, 0.25) is 5.02 Å². The summed E-state index contributed by atoms with van der Waals surface area (Å²) in [6.45, 7) is 0.800. The molecule has 2 atom stereocenters. The molecule has 0 saturated heterocycles. The van der Waals surface area contributed by atoms with Gasteiger partial charge in [0.2, 0.25) is 0 Å². The molecule has 84 valence electrons. The summed E-state index contributed by atoms with van der Waals surface area (Å²) in [5.74, 6) is 0.872. The van der Waals surface area contributed by atoms with Crippen molar-refractivity contribution in [1.82, 2.24) is 9.78 Å². The Kier molecular flexibility index (Phi) is 3.17. The highest BCUT2D eigenvalue weighted by Crippen LogP contribution is 2.26. The van der Waals surface area contributed by atoms with Gasteiger partial charge in [-0.25, -0.2) is 0 Å². The van der Waals surface area contributed by atoms with E-state index in [-0.39, 0.29) is 6.10 Å². The topological polar surface area (TPSA) is 64.1 Å². The van der Waals surface area contributed by atoms with Gasteiger partial charge in [0.1, 0.15) is 5.02 Å². The van der Waals surface area contributed by atoms with Crippen molar-refractivity contribution in [2.24, 2.45) is 5.92 Å². The first-order chi connectivity index (χ1) is 7.15. The molecule has 0 amide bonds. The Balaban J connectivity index is 1.96. The molecule has 1 heterocycles. The number of aromatic nitrogens is 2. The Labute approximate surface area is 94.0 Å². The third-order valence-corrected chi connectivity index (χ3v) is 3.23. The molecule has 15 heavy (non-hydrogen) atoms. The van der Waals surface area contributed by atoms with Gasteiger partial charge in [-0.15, -0.1) is 0 Å². The summed E-state index contributed by atoms with van der Waals surface area (Å²) >= 11 is 5.82. The highest BCUT2D eigenvalue weighted by molar-refractivity contribution is 6.32. The van der Waals surface area contributed by atoms with E-state index in [0.29, 0.717) is 16.8 Å². The van der Waals surface area contributed by atoms with E-state index in [1.807, 2.05) is 0 Å². The van der Waals surface area contributed by atoms with Crippen molar-refractivity contribution in [1.29, 1.82) is 0 Å². The number of aliphatic hydroxyl groups is 1. The first-order valence-electron chi connectivity index (χ1n) is 5.31. The lowest BCUT2D eigenvalue weighted by atomic mass is 9.87. The molecule has 1 aliphatic rings. The number of nitrogen functional groups attached to an aromatic ring is 1. The zero-order valence-electron chi connectivity index (χ0n) is 8.56. The van der Waals surface area contributed by atoms with Crippen LogP contribution in [0.4, 0.5) is 5.82 Å². The zero-order chi connectivity index (χ0) is 10.8. The van der Waals surface area contributed by atoms with Crippen molar-refractivity contribution in [2.75, 3.05) is 5.73 Å². The molecule has 1 saturated carbocycles. The Morgan fingerprint density at radius 2 is 2.40 bits per heavy atom. The van der Waals surface area contributed by atoms with E-state index in [0.717, 1.165) is 32.2 Å². The van der Waals surface area contributed by atoms with E-state index in [1.54, 1.807) is 10.9 Å². The predicted octanol–water partition coefficient (Wildman–Crippen LogP) is 1.67. The Morgan fingerprint density at radius 1 is 1.60 bits per heavy atom. The van der Waals surface area contributed by atoms with Crippen LogP contribution in [-0.2, 0) is 6.54 Å². The van der Waals surface area contributed by atoms with Crippen molar-refractivity contribution < 1.29 is 5.11 Å². The Morgan fingerprint density at radius 3 is 3.00 bits per heavy atom. The molecular weight excluding hydrogens is 214 g/mol. The molecule has 3 N–H and O–H groups in total. The molecule has 0 aliphatic heterocycles. The fourth-order valence-corrected chi connectivity index (χ4v) is 2.35. The van der Waals surface area contributed by atoms with Crippen LogP contribution in [0.25, 0.3) is 0 Å². The minimum Gasteiger partial charge on any atom is -0.393 e. The van der Waals surface area contributed by atoms with Crippen molar-refractivity contribution in [3.63, 3.8) is 0 Å². The van der Waals surface area contributed by atoms with Crippen LogP contribution in [0, 0.1) is 5.92 Å². The molecule has 4 nitrogen and oxygen atoms in total. The van der Waals surface area contributed by atoms with E-state index in [4.69, 9.17) is 17.3 Å². The van der Waals surface area contributed by atoms with E-state index >= 15 is 0 Å². The summed E-state index contributed by atoms with van der Waals surface area (Å²) in [4.78, 5) is 0. The number of anilines is 1. The average molecular weight is 230 g/mol. The van der Waals surface area contributed by atoms with Gasteiger partial charge in [-0.05, 0) is 25.2 Å². The van der Waals surface area contributed by atoms with Crippen LogP contribution >= 0.6 is 11.6 Å². The second kappa shape index (κ2) is 4.41. The third kappa shape index (κ3) is 2.63. The summed E-state index contributed by atoms with van der Waals surface area (Å²) in [5.41, 5.74) is 5.56. The summed E-state index contributed by atoms with van der Waals surface area (Å²) < 4.78 is 1.78.